The Balaban J connectivity index is 0.000000204. The third-order valence-electron chi connectivity index (χ3n) is 5.05. The monoisotopic (exact) mass is 491 g/mol. The number of hydrogen-bond acceptors (Lipinski definition) is 5. The summed E-state index contributed by atoms with van der Waals surface area (Å²) in [6.45, 7) is 0. The van der Waals surface area contributed by atoms with E-state index >= 15 is 0 Å². The SMILES string of the molecule is C1=Cc2cc3ccc(cc4nc(cc5ccc(cc1n2)[nH]5)C=C4)[nH]3.Oc1cc(O)[c]([Fe])c(O)c1. The van der Waals surface area contributed by atoms with Gasteiger partial charge in [-0.15, -0.1) is 0 Å². The van der Waals surface area contributed by atoms with Crippen LogP contribution >= 0.6 is 0 Å². The maximum atomic E-state index is 8.90. The fourth-order valence-corrected chi connectivity index (χ4v) is 3.68. The van der Waals surface area contributed by atoms with Gasteiger partial charge in [0.1, 0.15) is 0 Å². The van der Waals surface area contributed by atoms with Crippen LogP contribution in [-0.2, 0) is 16.0 Å². The van der Waals surface area contributed by atoms with Gasteiger partial charge in [-0.25, -0.2) is 9.97 Å². The predicted molar refractivity (Wildman–Crippen MR) is 130 cm³/mol. The molecule has 0 unspecified atom stereocenters. The normalized spacial score (nSPS) is 11.8. The molecule has 8 heteroatoms. The van der Waals surface area contributed by atoms with Crippen molar-refractivity contribution >= 4 is 50.8 Å². The van der Waals surface area contributed by atoms with E-state index < -0.39 is 0 Å². The van der Waals surface area contributed by atoms with Gasteiger partial charge in [0.25, 0.3) is 0 Å². The number of aromatic amines is 2. The minimum atomic E-state index is -0.211. The van der Waals surface area contributed by atoms with E-state index in [0.29, 0.717) is 0 Å². The Morgan fingerprint density at radius 3 is 1.18 bits per heavy atom. The second-order valence-electron chi connectivity index (χ2n) is 7.69. The van der Waals surface area contributed by atoms with Crippen molar-refractivity contribution in [2.75, 3.05) is 0 Å². The number of phenolic OH excluding ortho intramolecular Hbond substituents is 3. The summed E-state index contributed by atoms with van der Waals surface area (Å²) in [6, 6.07) is 18.6. The average molecular weight is 491 g/mol. The number of aromatic hydroxyl groups is 3. The molecule has 34 heavy (non-hydrogen) atoms. The Bertz CT molecular complexity index is 1420. The van der Waals surface area contributed by atoms with Gasteiger partial charge in [-0.1, -0.05) is 0 Å². The van der Waals surface area contributed by atoms with Crippen molar-refractivity contribution in [3.05, 3.63) is 83.4 Å². The van der Waals surface area contributed by atoms with Crippen LogP contribution in [0.25, 0.3) is 46.4 Å². The first kappa shape index (κ1) is 21.6. The molecule has 0 amide bonds. The molecule has 0 saturated heterocycles. The fourth-order valence-electron chi connectivity index (χ4n) is 3.52. The molecule has 5 heterocycles. The maximum absolute atomic E-state index is 8.90. The number of nitrogens with one attached hydrogen (secondary N) is 2. The number of hydrogen-bond donors (Lipinski definition) is 5. The Morgan fingerprint density at radius 1 is 0.529 bits per heavy atom. The topological polar surface area (TPSA) is 118 Å². The minimum absolute atomic E-state index is 0.123. The van der Waals surface area contributed by atoms with Crippen LogP contribution in [0.1, 0.15) is 22.8 Å². The van der Waals surface area contributed by atoms with E-state index in [-0.39, 0.29) is 21.7 Å². The van der Waals surface area contributed by atoms with E-state index in [0.717, 1.165) is 57.0 Å². The summed E-state index contributed by atoms with van der Waals surface area (Å²) in [7, 11) is 0. The predicted octanol–water partition coefficient (Wildman–Crippen LogP) is 4.63. The first-order valence-electron chi connectivity index (χ1n) is 10.3. The van der Waals surface area contributed by atoms with Crippen molar-refractivity contribution in [3.63, 3.8) is 0 Å². The van der Waals surface area contributed by atoms with Gasteiger partial charge in [-0.3, -0.25) is 0 Å². The van der Waals surface area contributed by atoms with Gasteiger partial charge in [0, 0.05) is 22.1 Å². The van der Waals surface area contributed by atoms with Crippen molar-refractivity contribution in [3.8, 4) is 17.2 Å². The first-order chi connectivity index (χ1) is 16.4. The Kier molecular flexibility index (Phi) is 5.67. The molecule has 4 aromatic rings. The number of phenols is 3. The molecular formula is C26H19FeN4O3. The molecule has 1 aromatic carbocycles. The molecule has 3 aromatic heterocycles. The molecule has 0 aliphatic carbocycles. The van der Waals surface area contributed by atoms with Crippen LogP contribution < -0.4 is 4.46 Å². The number of nitrogens with zero attached hydrogens (tertiary/aromatic N) is 2. The van der Waals surface area contributed by atoms with Gasteiger partial charge in [0.2, 0.25) is 0 Å². The Hall–Kier alpha value is -4.26. The zero-order chi connectivity index (χ0) is 23.7. The van der Waals surface area contributed by atoms with Crippen LogP contribution in [0.5, 0.6) is 17.2 Å². The summed E-state index contributed by atoms with van der Waals surface area (Å²) in [5.74, 6) is -0.600. The molecule has 0 spiro atoms. The van der Waals surface area contributed by atoms with Crippen molar-refractivity contribution < 1.29 is 31.3 Å². The molecule has 5 N–H and O–H groups in total. The number of rotatable bonds is 0. The van der Waals surface area contributed by atoms with Crippen LogP contribution in [0.3, 0.4) is 0 Å². The van der Waals surface area contributed by atoms with Gasteiger partial charge < -0.3 is 9.97 Å². The van der Waals surface area contributed by atoms with E-state index in [1.165, 1.54) is 0 Å². The number of benzene rings is 1. The standard InChI is InChI=1S/C20H14N4.C6H5O3.Fe/c1-2-14-10-16-5-6-18(23-16)12-20-8-7-19(24-20)11-17-4-3-15(22-17)9-13(1)21-14;7-4-1-5(8)3-6(9)2-4;/h1-12,21,24H;1-2,7-9H;. The third-order valence-corrected chi connectivity index (χ3v) is 5.61. The van der Waals surface area contributed by atoms with E-state index in [1.807, 2.05) is 48.6 Å². The molecule has 6 rings (SSSR count). The van der Waals surface area contributed by atoms with Crippen LogP contribution in [0.2, 0.25) is 0 Å². The average Bonchev–Trinajstić information content (AvgIpc) is 3.58. The van der Waals surface area contributed by atoms with Gasteiger partial charge in [0.05, 0.1) is 22.8 Å². The van der Waals surface area contributed by atoms with Gasteiger partial charge >= 0.3 is 65.2 Å². The Morgan fingerprint density at radius 2 is 0.853 bits per heavy atom. The summed E-state index contributed by atoms with van der Waals surface area (Å²) in [5, 5.41) is 26.6. The van der Waals surface area contributed by atoms with Crippen LogP contribution in [0, 0.1) is 0 Å². The fraction of sp³-hybridized carbons (Fsp3) is 0. The summed E-state index contributed by atoms with van der Waals surface area (Å²) >= 11 is 3.35. The van der Waals surface area contributed by atoms with Gasteiger partial charge in [0.15, 0.2) is 0 Å². The van der Waals surface area contributed by atoms with Crippen molar-refractivity contribution in [1.29, 1.82) is 0 Å². The molecule has 2 aliphatic heterocycles. The van der Waals surface area contributed by atoms with E-state index in [2.05, 4.69) is 60.2 Å². The summed E-state index contributed by atoms with van der Waals surface area (Å²) in [6.07, 6.45) is 8.09. The number of fused-ring (bicyclic) bond motifs is 8. The van der Waals surface area contributed by atoms with Gasteiger partial charge in [-0.05, 0) is 72.8 Å². The van der Waals surface area contributed by atoms with E-state index in [1.54, 1.807) is 0 Å². The molecular weight excluding hydrogens is 472 g/mol. The second kappa shape index (κ2) is 8.94. The number of aromatic nitrogens is 4. The molecule has 8 bridgehead atoms. The summed E-state index contributed by atoms with van der Waals surface area (Å²) in [4.78, 5) is 16.0. The van der Waals surface area contributed by atoms with Crippen molar-refractivity contribution in [2.45, 2.75) is 0 Å². The quantitative estimate of drug-likeness (QED) is 0.199. The zero-order valence-corrected chi connectivity index (χ0v) is 18.8. The van der Waals surface area contributed by atoms with Crippen molar-refractivity contribution in [1.82, 2.24) is 19.9 Å². The zero-order valence-electron chi connectivity index (χ0n) is 17.7. The third kappa shape index (κ3) is 4.88. The molecule has 0 atom stereocenters. The molecule has 0 fully saturated rings. The molecule has 169 valence electrons. The van der Waals surface area contributed by atoms with Gasteiger partial charge in [-0.2, -0.15) is 0 Å². The van der Waals surface area contributed by atoms with Crippen LogP contribution in [0.15, 0.2) is 60.7 Å². The summed E-state index contributed by atoms with van der Waals surface area (Å²) < 4.78 is 0.123. The summed E-state index contributed by atoms with van der Waals surface area (Å²) in [5.41, 5.74) is 7.86. The van der Waals surface area contributed by atoms with Crippen LogP contribution in [0.4, 0.5) is 0 Å². The van der Waals surface area contributed by atoms with E-state index in [4.69, 9.17) is 15.3 Å². The molecule has 7 nitrogen and oxygen atoms in total. The molecule has 0 radical (unpaired) electrons. The Labute approximate surface area is 202 Å². The molecule has 0 saturated carbocycles. The second-order valence-corrected chi connectivity index (χ2v) is 8.24. The molecule has 2 aliphatic rings. The van der Waals surface area contributed by atoms with E-state index in [9.17, 15) is 0 Å². The first-order valence-corrected chi connectivity index (χ1v) is 10.9. The van der Waals surface area contributed by atoms with Crippen LogP contribution in [-0.4, -0.2) is 35.3 Å². The number of H-pyrrole nitrogens is 2. The van der Waals surface area contributed by atoms with Crippen molar-refractivity contribution in [2.24, 2.45) is 0 Å².